The van der Waals surface area contributed by atoms with Gasteiger partial charge in [0.15, 0.2) is 0 Å². The molecule has 0 saturated carbocycles. The van der Waals surface area contributed by atoms with Crippen molar-refractivity contribution >= 4 is 17.8 Å². The molecule has 27 heavy (non-hydrogen) atoms. The van der Waals surface area contributed by atoms with Crippen molar-refractivity contribution in [3.05, 3.63) is 48.0 Å². The second kappa shape index (κ2) is 8.03. The minimum Gasteiger partial charge on any atom is -0.352 e. The number of carbonyl (C=O) groups is 3. The van der Waals surface area contributed by atoms with Gasteiger partial charge in [-0.1, -0.05) is 25.1 Å². The molecule has 1 aliphatic heterocycles. The highest BCUT2D eigenvalue weighted by molar-refractivity contribution is 6.05. The second-order valence-corrected chi connectivity index (χ2v) is 6.45. The van der Waals surface area contributed by atoms with E-state index in [-0.39, 0.29) is 18.2 Å². The molecular weight excluding hydrogens is 346 g/mol. The lowest BCUT2D eigenvalue weighted by molar-refractivity contribution is -0.130. The molecule has 1 aromatic carbocycles. The highest BCUT2D eigenvalue weighted by Gasteiger charge is 2.38. The van der Waals surface area contributed by atoms with Crippen molar-refractivity contribution in [3.63, 3.8) is 0 Å². The van der Waals surface area contributed by atoms with Crippen molar-refractivity contribution in [1.29, 1.82) is 0 Å². The van der Waals surface area contributed by atoms with E-state index in [0.29, 0.717) is 19.5 Å². The monoisotopic (exact) mass is 369 g/mol. The summed E-state index contributed by atoms with van der Waals surface area (Å²) in [5.74, 6) is 0.222. The second-order valence-electron chi connectivity index (χ2n) is 6.45. The van der Waals surface area contributed by atoms with E-state index in [1.165, 1.54) is 0 Å². The topological polar surface area (TPSA) is 96.3 Å². The fourth-order valence-corrected chi connectivity index (χ4v) is 3.13. The lowest BCUT2D eigenvalue weighted by Crippen LogP contribution is -2.36. The Bertz CT molecular complexity index is 861. The molecule has 1 fully saturated rings. The van der Waals surface area contributed by atoms with Gasteiger partial charge in [-0.05, 0) is 25.0 Å². The summed E-state index contributed by atoms with van der Waals surface area (Å²) in [7, 11) is 0. The Morgan fingerprint density at radius 1 is 1.30 bits per heavy atom. The van der Waals surface area contributed by atoms with Gasteiger partial charge in [-0.15, -0.1) is 0 Å². The molecule has 3 rings (SSSR count). The number of para-hydroxylation sites is 1. The Labute approximate surface area is 157 Å². The number of imide groups is 1. The fraction of sp³-hybridized carbons (Fsp3) is 0.368. The van der Waals surface area contributed by atoms with E-state index in [0.717, 1.165) is 22.0 Å². The zero-order valence-corrected chi connectivity index (χ0v) is 15.4. The molecule has 1 aromatic heterocycles. The number of hydrogen-bond acceptors (Lipinski definition) is 4. The van der Waals surface area contributed by atoms with Crippen LogP contribution in [-0.2, 0) is 16.1 Å². The zero-order chi connectivity index (χ0) is 19.4. The van der Waals surface area contributed by atoms with Gasteiger partial charge in [0.05, 0.1) is 12.1 Å². The van der Waals surface area contributed by atoms with Crippen molar-refractivity contribution in [2.75, 3.05) is 6.54 Å². The lowest BCUT2D eigenvalue weighted by Gasteiger charge is -2.14. The largest absolute Gasteiger partial charge is 0.352 e. The average Bonchev–Trinajstić information content (AvgIpc) is 3.19. The third-order valence-electron chi connectivity index (χ3n) is 4.50. The van der Waals surface area contributed by atoms with Gasteiger partial charge in [0.2, 0.25) is 5.91 Å². The molecule has 8 heteroatoms. The lowest BCUT2D eigenvalue weighted by atomic mass is 10.1. The van der Waals surface area contributed by atoms with Crippen molar-refractivity contribution in [3.8, 4) is 5.69 Å². The predicted molar refractivity (Wildman–Crippen MR) is 99.1 cm³/mol. The third-order valence-corrected chi connectivity index (χ3v) is 4.50. The number of nitrogens with one attached hydrogen (secondary N) is 2. The van der Waals surface area contributed by atoms with Gasteiger partial charge in [0, 0.05) is 25.5 Å². The highest BCUT2D eigenvalue weighted by Crippen LogP contribution is 2.16. The van der Waals surface area contributed by atoms with Crippen LogP contribution in [0.25, 0.3) is 5.69 Å². The summed E-state index contributed by atoms with van der Waals surface area (Å²) in [6, 6.07) is 6.49. The van der Waals surface area contributed by atoms with Crippen LogP contribution in [0.15, 0.2) is 36.7 Å². The van der Waals surface area contributed by atoms with E-state index in [9.17, 15) is 14.4 Å². The molecule has 0 unspecified atom stereocenters. The smallest absolute Gasteiger partial charge is 0.324 e. The van der Waals surface area contributed by atoms with E-state index >= 15 is 0 Å². The molecule has 2 heterocycles. The first kappa shape index (κ1) is 18.6. The van der Waals surface area contributed by atoms with Crippen molar-refractivity contribution in [1.82, 2.24) is 25.1 Å². The van der Waals surface area contributed by atoms with Crippen LogP contribution in [-0.4, -0.2) is 44.9 Å². The Kier molecular flexibility index (Phi) is 5.54. The van der Waals surface area contributed by atoms with Gasteiger partial charge in [-0.25, -0.2) is 9.78 Å². The van der Waals surface area contributed by atoms with Gasteiger partial charge < -0.3 is 15.2 Å². The summed E-state index contributed by atoms with van der Waals surface area (Å²) in [5.41, 5.74) is 1.87. The van der Waals surface area contributed by atoms with Crippen LogP contribution >= 0.6 is 0 Å². The fourth-order valence-electron chi connectivity index (χ4n) is 3.13. The first-order chi connectivity index (χ1) is 13.0. The third kappa shape index (κ3) is 3.99. The van der Waals surface area contributed by atoms with E-state index in [4.69, 9.17) is 0 Å². The summed E-state index contributed by atoms with van der Waals surface area (Å²) < 4.78 is 1.95. The standard InChI is InChI=1S/C19H23N5O3/c1-3-9-24-18(26)15(22-19(24)27)11-17(25)21-12-14-6-4-5-7-16(14)23-10-8-20-13(23)2/h4-8,10,15H,3,9,11-12H2,1-2H3,(H,21,25)(H,22,27)/t15-/m0/s1. The number of nitrogens with zero attached hydrogens (tertiary/aromatic N) is 3. The van der Waals surface area contributed by atoms with Gasteiger partial charge in [-0.2, -0.15) is 0 Å². The van der Waals surface area contributed by atoms with E-state index < -0.39 is 12.1 Å². The highest BCUT2D eigenvalue weighted by atomic mass is 16.2. The molecule has 2 aromatic rings. The predicted octanol–water partition coefficient (Wildman–Crippen LogP) is 1.52. The Morgan fingerprint density at radius 2 is 2.07 bits per heavy atom. The van der Waals surface area contributed by atoms with Crippen molar-refractivity contribution < 1.29 is 14.4 Å². The molecular formula is C19H23N5O3. The molecule has 0 bridgehead atoms. The number of hydrogen-bond donors (Lipinski definition) is 2. The van der Waals surface area contributed by atoms with Crippen LogP contribution < -0.4 is 10.6 Å². The molecule has 8 nitrogen and oxygen atoms in total. The molecule has 0 spiro atoms. The minimum atomic E-state index is -0.796. The van der Waals surface area contributed by atoms with Gasteiger partial charge in [-0.3, -0.25) is 14.5 Å². The van der Waals surface area contributed by atoms with E-state index in [2.05, 4.69) is 15.6 Å². The summed E-state index contributed by atoms with van der Waals surface area (Å²) in [6.45, 7) is 4.48. The van der Waals surface area contributed by atoms with Crippen molar-refractivity contribution in [2.24, 2.45) is 0 Å². The number of amides is 4. The maximum atomic E-state index is 12.3. The molecule has 142 valence electrons. The number of urea groups is 1. The zero-order valence-electron chi connectivity index (χ0n) is 15.4. The van der Waals surface area contributed by atoms with Crippen LogP contribution in [0.1, 0.15) is 31.2 Å². The summed E-state index contributed by atoms with van der Waals surface area (Å²) in [4.78, 5) is 41.7. The number of imidazole rings is 1. The van der Waals surface area contributed by atoms with Crippen LogP contribution in [0.4, 0.5) is 4.79 Å². The Hall–Kier alpha value is -3.16. The van der Waals surface area contributed by atoms with Crippen LogP contribution in [0.5, 0.6) is 0 Å². The molecule has 0 radical (unpaired) electrons. The Balaban J connectivity index is 1.62. The summed E-state index contributed by atoms with van der Waals surface area (Å²) >= 11 is 0. The van der Waals surface area contributed by atoms with Gasteiger partial charge >= 0.3 is 6.03 Å². The molecule has 0 aliphatic carbocycles. The Morgan fingerprint density at radius 3 is 2.78 bits per heavy atom. The van der Waals surface area contributed by atoms with Crippen molar-refractivity contribution in [2.45, 2.75) is 39.3 Å². The summed E-state index contributed by atoms with van der Waals surface area (Å²) in [6.07, 6.45) is 4.20. The van der Waals surface area contributed by atoms with Crippen LogP contribution in [0.3, 0.4) is 0 Å². The van der Waals surface area contributed by atoms with Crippen LogP contribution in [0, 0.1) is 6.92 Å². The first-order valence-corrected chi connectivity index (χ1v) is 8.98. The molecule has 1 atom stereocenters. The number of carbonyl (C=O) groups excluding carboxylic acids is 3. The first-order valence-electron chi connectivity index (χ1n) is 8.98. The molecule has 1 saturated heterocycles. The summed E-state index contributed by atoms with van der Waals surface area (Å²) in [5, 5.41) is 5.41. The van der Waals surface area contributed by atoms with Crippen LogP contribution in [0.2, 0.25) is 0 Å². The number of aromatic nitrogens is 2. The maximum absolute atomic E-state index is 12.3. The minimum absolute atomic E-state index is 0.0724. The SMILES string of the molecule is CCCN1C(=O)N[C@@H](CC(=O)NCc2ccccc2-n2ccnc2C)C1=O. The number of aryl methyl sites for hydroxylation is 1. The van der Waals surface area contributed by atoms with Gasteiger partial charge in [0.1, 0.15) is 11.9 Å². The maximum Gasteiger partial charge on any atom is 0.324 e. The molecule has 2 N–H and O–H groups in total. The molecule has 1 aliphatic rings. The normalized spacial score (nSPS) is 16.5. The van der Waals surface area contributed by atoms with E-state index in [1.54, 1.807) is 6.20 Å². The van der Waals surface area contributed by atoms with Gasteiger partial charge in [0.25, 0.3) is 5.91 Å². The number of benzene rings is 1. The average molecular weight is 369 g/mol. The number of rotatable bonds is 7. The van der Waals surface area contributed by atoms with E-state index in [1.807, 2.05) is 48.9 Å². The molecule has 4 amide bonds. The quantitative estimate of drug-likeness (QED) is 0.723.